The Hall–Kier alpha value is -0.950. The fraction of sp³-hybridized carbons (Fsp3) is 0.833. The van der Waals surface area contributed by atoms with Crippen LogP contribution in [0, 0.1) is 0 Å². The number of hydrogen-bond donors (Lipinski definition) is 2. The molecule has 108 valence electrons. The second-order valence-electron chi connectivity index (χ2n) is 4.96. The Morgan fingerprint density at radius 2 is 2.11 bits per heavy atom. The van der Waals surface area contributed by atoms with E-state index in [1.807, 2.05) is 0 Å². The number of carboxylic acids is 1. The third-order valence-electron chi connectivity index (χ3n) is 3.73. The number of urea groups is 1. The van der Waals surface area contributed by atoms with Crippen LogP contribution in [0.5, 0.6) is 0 Å². The van der Waals surface area contributed by atoms with Gasteiger partial charge in [0.15, 0.2) is 0 Å². The summed E-state index contributed by atoms with van der Waals surface area (Å²) in [6.07, 6.45) is 3.39. The number of carbonyl (C=O) groups is 2. The van der Waals surface area contributed by atoms with Crippen LogP contribution in [-0.2, 0) is 4.79 Å². The third-order valence-corrected chi connectivity index (χ3v) is 4.74. The lowest BCUT2D eigenvalue weighted by Gasteiger charge is -2.31. The largest absolute Gasteiger partial charge is 0.480 e. The molecule has 0 aromatic carbocycles. The zero-order chi connectivity index (χ0) is 13.8. The van der Waals surface area contributed by atoms with E-state index in [1.54, 1.807) is 4.90 Å². The summed E-state index contributed by atoms with van der Waals surface area (Å²) in [5.74, 6) is -0.000597. The summed E-state index contributed by atoms with van der Waals surface area (Å²) >= 11 is 1.48. The van der Waals surface area contributed by atoms with E-state index in [2.05, 4.69) is 0 Å². The Morgan fingerprint density at radius 1 is 1.32 bits per heavy atom. The van der Waals surface area contributed by atoms with Gasteiger partial charge in [0.05, 0.1) is 5.88 Å². The average molecular weight is 288 g/mol. The Labute approximate surface area is 116 Å². The van der Waals surface area contributed by atoms with Gasteiger partial charge in [-0.05, 0) is 25.7 Å². The number of rotatable bonds is 4. The van der Waals surface area contributed by atoms with Gasteiger partial charge in [0, 0.05) is 24.9 Å². The first-order valence-electron chi connectivity index (χ1n) is 6.63. The van der Waals surface area contributed by atoms with Crippen molar-refractivity contribution >= 4 is 23.8 Å². The molecule has 0 aromatic heterocycles. The highest BCUT2D eigenvalue weighted by molar-refractivity contribution is 7.99. The first-order chi connectivity index (χ1) is 9.15. The normalized spacial score (nSPS) is 27.0. The van der Waals surface area contributed by atoms with Gasteiger partial charge in [-0.2, -0.15) is 0 Å². The molecule has 6 nitrogen and oxygen atoms in total. The van der Waals surface area contributed by atoms with Crippen LogP contribution in [0.2, 0.25) is 0 Å². The van der Waals surface area contributed by atoms with Crippen LogP contribution in [0.25, 0.3) is 0 Å². The number of carboxylic acid groups (broad SMARTS) is 1. The van der Waals surface area contributed by atoms with Crippen LogP contribution in [0.15, 0.2) is 0 Å². The van der Waals surface area contributed by atoms with E-state index in [1.165, 1.54) is 16.7 Å². The van der Waals surface area contributed by atoms with Crippen LogP contribution >= 0.6 is 11.8 Å². The summed E-state index contributed by atoms with van der Waals surface area (Å²) in [7, 11) is 0. The van der Waals surface area contributed by atoms with E-state index in [0.717, 1.165) is 19.3 Å². The molecule has 0 saturated carbocycles. The van der Waals surface area contributed by atoms with Crippen molar-refractivity contribution in [2.75, 3.05) is 24.8 Å². The predicted octanol–water partition coefficient (Wildman–Crippen LogP) is 0.803. The van der Waals surface area contributed by atoms with Crippen molar-refractivity contribution in [2.45, 2.75) is 37.8 Å². The van der Waals surface area contributed by atoms with Gasteiger partial charge in [0.1, 0.15) is 6.04 Å². The van der Waals surface area contributed by atoms with Gasteiger partial charge in [-0.15, -0.1) is 11.8 Å². The van der Waals surface area contributed by atoms with E-state index in [4.69, 9.17) is 10.2 Å². The van der Waals surface area contributed by atoms with Crippen molar-refractivity contribution in [3.8, 4) is 0 Å². The maximum atomic E-state index is 12.4. The Kier molecular flexibility index (Phi) is 4.93. The van der Waals surface area contributed by atoms with E-state index < -0.39 is 12.0 Å². The first kappa shape index (κ1) is 14.5. The lowest BCUT2D eigenvalue weighted by atomic mass is 10.1. The minimum atomic E-state index is -0.926. The molecule has 2 aliphatic rings. The van der Waals surface area contributed by atoms with Gasteiger partial charge in [0.2, 0.25) is 0 Å². The molecular weight excluding hydrogens is 268 g/mol. The van der Waals surface area contributed by atoms with Gasteiger partial charge in [0.25, 0.3) is 0 Å². The Bertz CT molecular complexity index is 353. The second-order valence-corrected chi connectivity index (χ2v) is 5.96. The van der Waals surface area contributed by atoms with Crippen LogP contribution < -0.4 is 0 Å². The Balaban J connectivity index is 1.99. The summed E-state index contributed by atoms with van der Waals surface area (Å²) in [6, 6.07) is -0.700. The molecule has 2 heterocycles. The van der Waals surface area contributed by atoms with Crippen molar-refractivity contribution < 1.29 is 19.8 Å². The van der Waals surface area contributed by atoms with Crippen LogP contribution in [-0.4, -0.2) is 68.9 Å². The highest BCUT2D eigenvalue weighted by atomic mass is 32.2. The molecule has 2 rings (SSSR count). The van der Waals surface area contributed by atoms with Gasteiger partial charge < -0.3 is 20.0 Å². The summed E-state index contributed by atoms with van der Waals surface area (Å²) in [6.45, 7) is 0.832. The van der Waals surface area contributed by atoms with Crippen molar-refractivity contribution in [3.05, 3.63) is 0 Å². The molecule has 2 saturated heterocycles. The number of hydrogen-bond acceptors (Lipinski definition) is 4. The minimum Gasteiger partial charge on any atom is -0.480 e. The molecule has 2 unspecified atom stereocenters. The van der Waals surface area contributed by atoms with Crippen LogP contribution in [0.4, 0.5) is 4.79 Å². The van der Waals surface area contributed by atoms with Gasteiger partial charge in [-0.3, -0.25) is 0 Å². The summed E-state index contributed by atoms with van der Waals surface area (Å²) in [5, 5.41) is 18.0. The van der Waals surface area contributed by atoms with E-state index in [-0.39, 0.29) is 18.7 Å². The lowest BCUT2D eigenvalue weighted by Crippen LogP contribution is -2.50. The molecule has 0 aliphatic carbocycles. The molecular formula is C12H20N2O4S. The van der Waals surface area contributed by atoms with Gasteiger partial charge >= 0.3 is 12.0 Å². The lowest BCUT2D eigenvalue weighted by molar-refractivity contribution is -0.141. The number of carbonyl (C=O) groups excluding carboxylic acids is 1. The van der Waals surface area contributed by atoms with Crippen molar-refractivity contribution in [1.29, 1.82) is 0 Å². The van der Waals surface area contributed by atoms with Gasteiger partial charge in [-0.1, -0.05) is 0 Å². The standard InChI is InChI=1S/C12H20N2O4S/c15-6-2-4-9-3-1-5-13(9)12(18)14-8-19-7-10(14)11(16)17/h9-10,15H,1-8H2,(H,16,17). The fourth-order valence-electron chi connectivity index (χ4n) is 2.72. The minimum absolute atomic E-state index is 0.135. The molecule has 2 aliphatic heterocycles. The highest BCUT2D eigenvalue weighted by Crippen LogP contribution is 2.27. The third kappa shape index (κ3) is 3.14. The quantitative estimate of drug-likeness (QED) is 0.800. The molecule has 2 atom stereocenters. The molecule has 0 radical (unpaired) electrons. The van der Waals surface area contributed by atoms with Crippen LogP contribution in [0.3, 0.4) is 0 Å². The second kappa shape index (κ2) is 6.47. The zero-order valence-corrected chi connectivity index (χ0v) is 11.6. The fourth-order valence-corrected chi connectivity index (χ4v) is 3.85. The molecule has 2 N–H and O–H groups in total. The molecule has 0 bridgehead atoms. The monoisotopic (exact) mass is 288 g/mol. The molecule has 2 fully saturated rings. The topological polar surface area (TPSA) is 81.1 Å². The Morgan fingerprint density at radius 3 is 2.79 bits per heavy atom. The highest BCUT2D eigenvalue weighted by Gasteiger charge is 2.39. The van der Waals surface area contributed by atoms with Crippen molar-refractivity contribution in [3.63, 3.8) is 0 Å². The number of likely N-dealkylation sites (tertiary alicyclic amines) is 1. The first-order valence-corrected chi connectivity index (χ1v) is 7.79. The number of thioether (sulfide) groups is 1. The number of aliphatic hydroxyl groups is 1. The molecule has 2 amide bonds. The number of aliphatic carboxylic acids is 1. The average Bonchev–Trinajstić information content (AvgIpc) is 3.04. The van der Waals surface area contributed by atoms with Crippen molar-refractivity contribution in [1.82, 2.24) is 9.80 Å². The summed E-state index contributed by atoms with van der Waals surface area (Å²) in [4.78, 5) is 26.8. The summed E-state index contributed by atoms with van der Waals surface area (Å²) in [5.41, 5.74) is 0. The van der Waals surface area contributed by atoms with Crippen LogP contribution in [0.1, 0.15) is 25.7 Å². The molecule has 0 aromatic rings. The van der Waals surface area contributed by atoms with E-state index in [0.29, 0.717) is 24.6 Å². The van der Waals surface area contributed by atoms with E-state index in [9.17, 15) is 9.59 Å². The number of nitrogens with zero attached hydrogens (tertiary/aromatic N) is 2. The van der Waals surface area contributed by atoms with Crippen molar-refractivity contribution in [2.24, 2.45) is 0 Å². The molecule has 7 heteroatoms. The zero-order valence-electron chi connectivity index (χ0n) is 10.8. The maximum absolute atomic E-state index is 12.4. The molecule has 19 heavy (non-hydrogen) atoms. The number of aliphatic hydroxyl groups excluding tert-OH is 1. The predicted molar refractivity (Wildman–Crippen MR) is 72.0 cm³/mol. The summed E-state index contributed by atoms with van der Waals surface area (Å²) < 4.78 is 0. The number of amides is 2. The smallest absolute Gasteiger partial charge is 0.327 e. The van der Waals surface area contributed by atoms with Gasteiger partial charge in [-0.25, -0.2) is 9.59 Å². The maximum Gasteiger partial charge on any atom is 0.327 e. The SMILES string of the molecule is O=C(O)C1CSCN1C(=O)N1CCCC1CCCO. The molecule has 0 spiro atoms. The van der Waals surface area contributed by atoms with E-state index >= 15 is 0 Å².